The average Bonchev–Trinajstić information content (AvgIpc) is 2.63. The normalized spacial score (nSPS) is 21.7. The molecule has 1 unspecified atom stereocenters. The molecule has 1 atom stereocenters. The fourth-order valence-corrected chi connectivity index (χ4v) is 3.40. The van der Waals surface area contributed by atoms with Crippen LogP contribution in [0.5, 0.6) is 0 Å². The zero-order valence-corrected chi connectivity index (χ0v) is 14.0. The van der Waals surface area contributed by atoms with Gasteiger partial charge in [-0.15, -0.1) is 0 Å². The van der Waals surface area contributed by atoms with Gasteiger partial charge in [0.05, 0.1) is 19.1 Å². The number of piperidine rings is 1. The first-order valence-corrected chi connectivity index (χ1v) is 8.48. The van der Waals surface area contributed by atoms with E-state index in [1.807, 2.05) is 4.90 Å². The van der Waals surface area contributed by atoms with Gasteiger partial charge in [-0.3, -0.25) is 9.59 Å². The van der Waals surface area contributed by atoms with E-state index in [0.29, 0.717) is 45.0 Å². The van der Waals surface area contributed by atoms with Crippen molar-refractivity contribution < 1.29 is 18.7 Å². The summed E-state index contributed by atoms with van der Waals surface area (Å²) in [6, 6.07) is 4.25. The number of halogens is 1. The van der Waals surface area contributed by atoms with Crippen LogP contribution in [0.25, 0.3) is 0 Å². The van der Waals surface area contributed by atoms with Crippen molar-refractivity contribution in [2.24, 2.45) is 5.92 Å². The van der Waals surface area contributed by atoms with Crippen LogP contribution in [0, 0.1) is 18.7 Å². The number of ether oxygens (including phenoxy) is 1. The Labute approximate surface area is 141 Å². The molecule has 2 fully saturated rings. The number of carbonyl (C=O) groups is 2. The number of hydrogen-bond donors (Lipinski definition) is 0. The quantitative estimate of drug-likeness (QED) is 0.829. The molecule has 2 aliphatic heterocycles. The van der Waals surface area contributed by atoms with E-state index < -0.39 is 5.82 Å². The van der Waals surface area contributed by atoms with Gasteiger partial charge in [-0.05, 0) is 37.5 Å². The molecule has 2 aliphatic rings. The fourth-order valence-electron chi connectivity index (χ4n) is 3.40. The van der Waals surface area contributed by atoms with Gasteiger partial charge < -0.3 is 14.5 Å². The number of likely N-dealkylation sites (tertiary alicyclic amines) is 1. The second kappa shape index (κ2) is 7.30. The standard InChI is InChI=1S/C18H23FN2O3/c1-13-4-5-15(19)11-16(13)18(23)21-6-2-3-14(12-21)17(22)20-7-9-24-10-8-20/h4-5,11,14H,2-3,6-10,12H2,1H3. The highest BCUT2D eigenvalue weighted by Gasteiger charge is 2.32. The molecule has 0 bridgehead atoms. The average molecular weight is 334 g/mol. The van der Waals surface area contributed by atoms with Crippen molar-refractivity contribution in [3.63, 3.8) is 0 Å². The van der Waals surface area contributed by atoms with Crippen LogP contribution in [0.1, 0.15) is 28.8 Å². The lowest BCUT2D eigenvalue weighted by molar-refractivity contribution is -0.141. The first-order chi connectivity index (χ1) is 11.6. The number of amides is 2. The van der Waals surface area contributed by atoms with E-state index in [2.05, 4.69) is 0 Å². The molecule has 130 valence electrons. The first-order valence-electron chi connectivity index (χ1n) is 8.48. The smallest absolute Gasteiger partial charge is 0.254 e. The Hall–Kier alpha value is -1.95. The van der Waals surface area contributed by atoms with Crippen molar-refractivity contribution in [2.75, 3.05) is 39.4 Å². The van der Waals surface area contributed by atoms with Crippen LogP contribution in [-0.2, 0) is 9.53 Å². The van der Waals surface area contributed by atoms with Crippen LogP contribution in [0.3, 0.4) is 0 Å². The Morgan fingerprint density at radius 1 is 1.17 bits per heavy atom. The zero-order chi connectivity index (χ0) is 17.1. The van der Waals surface area contributed by atoms with E-state index in [1.165, 1.54) is 12.1 Å². The van der Waals surface area contributed by atoms with Gasteiger partial charge in [0, 0.05) is 31.7 Å². The SMILES string of the molecule is Cc1ccc(F)cc1C(=O)N1CCCC(C(=O)N2CCOCC2)C1. The van der Waals surface area contributed by atoms with Crippen LogP contribution in [0.2, 0.25) is 0 Å². The number of morpholine rings is 1. The van der Waals surface area contributed by atoms with Gasteiger partial charge in [0.25, 0.3) is 5.91 Å². The predicted molar refractivity (Wildman–Crippen MR) is 87.2 cm³/mol. The maximum Gasteiger partial charge on any atom is 0.254 e. The predicted octanol–water partition coefficient (Wildman–Crippen LogP) is 1.85. The summed E-state index contributed by atoms with van der Waals surface area (Å²) in [5, 5.41) is 0. The number of hydrogen-bond acceptors (Lipinski definition) is 3. The van der Waals surface area contributed by atoms with E-state index in [1.54, 1.807) is 17.9 Å². The minimum absolute atomic E-state index is 0.103. The van der Waals surface area contributed by atoms with Gasteiger partial charge in [0.15, 0.2) is 0 Å². The summed E-state index contributed by atoms with van der Waals surface area (Å²) < 4.78 is 18.8. The van der Waals surface area contributed by atoms with Crippen molar-refractivity contribution in [1.29, 1.82) is 0 Å². The number of rotatable bonds is 2. The Morgan fingerprint density at radius 3 is 2.67 bits per heavy atom. The molecule has 0 saturated carbocycles. The second-order valence-corrected chi connectivity index (χ2v) is 6.49. The zero-order valence-electron chi connectivity index (χ0n) is 14.0. The molecule has 5 nitrogen and oxygen atoms in total. The Balaban J connectivity index is 1.69. The molecular formula is C18H23FN2O3. The van der Waals surface area contributed by atoms with Crippen LogP contribution >= 0.6 is 0 Å². The lowest BCUT2D eigenvalue weighted by atomic mass is 9.95. The van der Waals surface area contributed by atoms with Crippen LogP contribution in [-0.4, -0.2) is 61.0 Å². The van der Waals surface area contributed by atoms with Crippen molar-refractivity contribution in [1.82, 2.24) is 9.80 Å². The van der Waals surface area contributed by atoms with Crippen molar-refractivity contribution >= 4 is 11.8 Å². The summed E-state index contributed by atoms with van der Waals surface area (Å²) in [6.45, 7) is 5.20. The molecule has 0 N–H and O–H groups in total. The van der Waals surface area contributed by atoms with Crippen LogP contribution in [0.15, 0.2) is 18.2 Å². The summed E-state index contributed by atoms with van der Waals surface area (Å²) in [4.78, 5) is 28.9. The molecule has 0 spiro atoms. The summed E-state index contributed by atoms with van der Waals surface area (Å²) >= 11 is 0. The number of benzene rings is 1. The molecule has 6 heteroatoms. The lowest BCUT2D eigenvalue weighted by Crippen LogP contribution is -2.49. The minimum atomic E-state index is -0.415. The number of carbonyl (C=O) groups excluding carboxylic acids is 2. The highest BCUT2D eigenvalue weighted by Crippen LogP contribution is 2.22. The number of nitrogens with zero attached hydrogens (tertiary/aromatic N) is 2. The van der Waals surface area contributed by atoms with Crippen molar-refractivity contribution in [3.8, 4) is 0 Å². The molecule has 0 radical (unpaired) electrons. The Kier molecular flexibility index (Phi) is 5.14. The van der Waals surface area contributed by atoms with Gasteiger partial charge in [-0.25, -0.2) is 4.39 Å². The third kappa shape index (κ3) is 3.59. The summed E-state index contributed by atoms with van der Waals surface area (Å²) in [6.07, 6.45) is 1.59. The van der Waals surface area contributed by atoms with Crippen molar-refractivity contribution in [2.45, 2.75) is 19.8 Å². The van der Waals surface area contributed by atoms with Gasteiger partial charge in [0.2, 0.25) is 5.91 Å². The third-order valence-corrected chi connectivity index (χ3v) is 4.81. The molecule has 2 amide bonds. The Bertz CT molecular complexity index is 629. The van der Waals surface area contributed by atoms with E-state index in [0.717, 1.165) is 18.4 Å². The molecule has 1 aromatic rings. The van der Waals surface area contributed by atoms with Gasteiger partial charge in [-0.2, -0.15) is 0 Å². The fraction of sp³-hybridized carbons (Fsp3) is 0.556. The molecule has 24 heavy (non-hydrogen) atoms. The molecule has 0 aromatic heterocycles. The third-order valence-electron chi connectivity index (χ3n) is 4.81. The minimum Gasteiger partial charge on any atom is -0.378 e. The lowest BCUT2D eigenvalue weighted by Gasteiger charge is -2.36. The van der Waals surface area contributed by atoms with Crippen LogP contribution in [0.4, 0.5) is 4.39 Å². The summed E-state index contributed by atoms with van der Waals surface area (Å²) in [7, 11) is 0. The highest BCUT2D eigenvalue weighted by atomic mass is 19.1. The summed E-state index contributed by atoms with van der Waals surface area (Å²) in [5.74, 6) is -0.671. The molecule has 0 aliphatic carbocycles. The van der Waals surface area contributed by atoms with E-state index >= 15 is 0 Å². The highest BCUT2D eigenvalue weighted by molar-refractivity contribution is 5.96. The topological polar surface area (TPSA) is 49.9 Å². The van der Waals surface area contributed by atoms with Crippen molar-refractivity contribution in [3.05, 3.63) is 35.1 Å². The molecule has 3 rings (SSSR count). The summed E-state index contributed by atoms with van der Waals surface area (Å²) in [5.41, 5.74) is 1.14. The van der Waals surface area contributed by atoms with Crippen LogP contribution < -0.4 is 0 Å². The molecule has 2 heterocycles. The maximum atomic E-state index is 13.5. The van der Waals surface area contributed by atoms with Gasteiger partial charge >= 0.3 is 0 Å². The van der Waals surface area contributed by atoms with Gasteiger partial charge in [0.1, 0.15) is 5.82 Å². The van der Waals surface area contributed by atoms with E-state index in [4.69, 9.17) is 4.74 Å². The van der Waals surface area contributed by atoms with E-state index in [-0.39, 0.29) is 17.7 Å². The van der Waals surface area contributed by atoms with Gasteiger partial charge in [-0.1, -0.05) is 6.07 Å². The maximum absolute atomic E-state index is 13.5. The second-order valence-electron chi connectivity index (χ2n) is 6.49. The molecule has 2 saturated heterocycles. The largest absolute Gasteiger partial charge is 0.378 e. The monoisotopic (exact) mass is 334 g/mol. The van der Waals surface area contributed by atoms with E-state index in [9.17, 15) is 14.0 Å². The number of aryl methyl sites for hydroxylation is 1. The molecule has 1 aromatic carbocycles. The first kappa shape index (κ1) is 16.9. The Morgan fingerprint density at radius 2 is 1.92 bits per heavy atom. The molecular weight excluding hydrogens is 311 g/mol.